The standard InChI is InChI=1S/C6H13NO/c1-2-8-6-4-3-5-7/h5,7H,2-4,6H2,1H3. The highest BCUT2D eigenvalue weighted by Crippen LogP contribution is 1.84. The van der Waals surface area contributed by atoms with Crippen molar-refractivity contribution in [2.24, 2.45) is 0 Å². The summed E-state index contributed by atoms with van der Waals surface area (Å²) in [5.41, 5.74) is 0. The molecule has 1 N–H and O–H groups in total. The fourth-order valence-corrected chi connectivity index (χ4v) is 0.432. The lowest BCUT2D eigenvalue weighted by atomic mass is 10.3. The summed E-state index contributed by atoms with van der Waals surface area (Å²) in [6.07, 6.45) is 3.25. The number of nitrogens with one attached hydrogen (secondary N) is 1. The van der Waals surface area contributed by atoms with Crippen LogP contribution in [0.5, 0.6) is 0 Å². The minimum Gasteiger partial charge on any atom is -0.382 e. The molecule has 48 valence electrons. The van der Waals surface area contributed by atoms with Crippen molar-refractivity contribution in [3.8, 4) is 0 Å². The molecule has 0 spiro atoms. The Morgan fingerprint density at radius 3 is 2.88 bits per heavy atom. The van der Waals surface area contributed by atoms with Gasteiger partial charge in [-0.25, -0.2) is 0 Å². The lowest BCUT2D eigenvalue weighted by molar-refractivity contribution is 0.146. The van der Waals surface area contributed by atoms with Gasteiger partial charge in [-0.2, -0.15) is 0 Å². The third kappa shape index (κ3) is 5.63. The van der Waals surface area contributed by atoms with Crippen LogP contribution in [0.3, 0.4) is 0 Å². The summed E-state index contributed by atoms with van der Waals surface area (Å²) in [5, 5.41) is 6.66. The zero-order valence-corrected chi connectivity index (χ0v) is 5.31. The molecule has 0 aromatic carbocycles. The first-order valence-corrected chi connectivity index (χ1v) is 2.98. The van der Waals surface area contributed by atoms with Crippen LogP contribution >= 0.6 is 0 Å². The number of unbranched alkanes of at least 4 members (excludes halogenated alkanes) is 1. The molecule has 0 aliphatic carbocycles. The zero-order valence-electron chi connectivity index (χ0n) is 5.31. The van der Waals surface area contributed by atoms with Crippen molar-refractivity contribution < 1.29 is 4.74 Å². The Balaban J connectivity index is 2.62. The Morgan fingerprint density at radius 1 is 1.62 bits per heavy atom. The molecular formula is C6H13NO. The van der Waals surface area contributed by atoms with Crippen molar-refractivity contribution in [2.45, 2.75) is 19.8 Å². The molecule has 2 heteroatoms. The molecule has 0 heterocycles. The van der Waals surface area contributed by atoms with Crippen LogP contribution < -0.4 is 0 Å². The van der Waals surface area contributed by atoms with Crippen molar-refractivity contribution >= 4 is 6.21 Å². The maximum Gasteiger partial charge on any atom is 0.0469 e. The topological polar surface area (TPSA) is 33.1 Å². The van der Waals surface area contributed by atoms with E-state index in [4.69, 9.17) is 10.1 Å². The predicted molar refractivity (Wildman–Crippen MR) is 34.5 cm³/mol. The number of ether oxygens (including phenoxy) is 1. The van der Waals surface area contributed by atoms with E-state index in [9.17, 15) is 0 Å². The first-order valence-electron chi connectivity index (χ1n) is 2.98. The molecule has 0 rings (SSSR count). The molecule has 0 saturated heterocycles. The van der Waals surface area contributed by atoms with Gasteiger partial charge in [0.25, 0.3) is 0 Å². The Morgan fingerprint density at radius 2 is 2.38 bits per heavy atom. The molecule has 8 heavy (non-hydrogen) atoms. The summed E-state index contributed by atoms with van der Waals surface area (Å²) in [5.74, 6) is 0. The van der Waals surface area contributed by atoms with E-state index in [2.05, 4.69) is 0 Å². The number of rotatable bonds is 5. The second kappa shape index (κ2) is 6.63. The molecule has 0 aliphatic heterocycles. The first-order chi connectivity index (χ1) is 3.91. The molecule has 0 fully saturated rings. The van der Waals surface area contributed by atoms with Crippen LogP contribution in [0.1, 0.15) is 19.8 Å². The molecule has 0 saturated carbocycles. The fourth-order valence-electron chi connectivity index (χ4n) is 0.432. The quantitative estimate of drug-likeness (QED) is 0.427. The van der Waals surface area contributed by atoms with E-state index in [1.54, 1.807) is 0 Å². The summed E-state index contributed by atoms with van der Waals surface area (Å²) in [7, 11) is 0. The van der Waals surface area contributed by atoms with Crippen LogP contribution in [0.15, 0.2) is 0 Å². The van der Waals surface area contributed by atoms with Crippen molar-refractivity contribution in [3.05, 3.63) is 0 Å². The number of hydrogen-bond donors (Lipinski definition) is 1. The SMILES string of the molecule is CCOCCCC=N. The van der Waals surface area contributed by atoms with E-state index in [0.29, 0.717) is 0 Å². The van der Waals surface area contributed by atoms with E-state index in [-0.39, 0.29) is 0 Å². The molecular weight excluding hydrogens is 102 g/mol. The first kappa shape index (κ1) is 7.63. The molecule has 0 aromatic rings. The van der Waals surface area contributed by atoms with Gasteiger partial charge < -0.3 is 10.1 Å². The van der Waals surface area contributed by atoms with E-state index < -0.39 is 0 Å². The Hall–Kier alpha value is -0.370. The third-order valence-electron chi connectivity index (χ3n) is 0.841. The second-order valence-electron chi connectivity index (χ2n) is 1.54. The molecule has 0 radical (unpaired) electrons. The van der Waals surface area contributed by atoms with Gasteiger partial charge in [-0.1, -0.05) is 0 Å². The molecule has 0 amide bonds. The largest absolute Gasteiger partial charge is 0.382 e. The van der Waals surface area contributed by atoms with E-state index in [0.717, 1.165) is 26.1 Å². The summed E-state index contributed by atoms with van der Waals surface area (Å²) >= 11 is 0. The lowest BCUT2D eigenvalue weighted by Crippen LogP contribution is -1.92. The van der Waals surface area contributed by atoms with Crippen LogP contribution in [0, 0.1) is 5.41 Å². The monoisotopic (exact) mass is 115 g/mol. The molecule has 0 aromatic heterocycles. The van der Waals surface area contributed by atoms with Crippen molar-refractivity contribution in [1.82, 2.24) is 0 Å². The van der Waals surface area contributed by atoms with E-state index in [1.807, 2.05) is 6.92 Å². The van der Waals surface area contributed by atoms with Crippen LogP contribution in [0.4, 0.5) is 0 Å². The minimum absolute atomic E-state index is 0.790. The summed E-state index contributed by atoms with van der Waals surface area (Å²) in [4.78, 5) is 0. The smallest absolute Gasteiger partial charge is 0.0469 e. The Labute approximate surface area is 50.4 Å². The van der Waals surface area contributed by atoms with Crippen LogP contribution in [0.25, 0.3) is 0 Å². The predicted octanol–water partition coefficient (Wildman–Crippen LogP) is 1.45. The average Bonchev–Trinajstić information content (AvgIpc) is 1.81. The van der Waals surface area contributed by atoms with Crippen LogP contribution in [-0.4, -0.2) is 19.4 Å². The lowest BCUT2D eigenvalue weighted by Gasteiger charge is -1.95. The van der Waals surface area contributed by atoms with Gasteiger partial charge in [-0.05, 0) is 26.0 Å². The molecule has 0 aliphatic rings. The van der Waals surface area contributed by atoms with Crippen LogP contribution in [-0.2, 0) is 4.74 Å². The summed E-state index contributed by atoms with van der Waals surface area (Å²) < 4.78 is 5.03. The maximum atomic E-state index is 6.66. The van der Waals surface area contributed by atoms with Crippen molar-refractivity contribution in [3.63, 3.8) is 0 Å². The van der Waals surface area contributed by atoms with Crippen molar-refractivity contribution in [1.29, 1.82) is 5.41 Å². The van der Waals surface area contributed by atoms with Gasteiger partial charge in [0.1, 0.15) is 0 Å². The van der Waals surface area contributed by atoms with Gasteiger partial charge >= 0.3 is 0 Å². The molecule has 0 atom stereocenters. The molecule has 0 bridgehead atoms. The molecule has 2 nitrogen and oxygen atoms in total. The summed E-state index contributed by atoms with van der Waals surface area (Å²) in [6, 6.07) is 0. The van der Waals surface area contributed by atoms with Gasteiger partial charge in [0, 0.05) is 13.2 Å². The van der Waals surface area contributed by atoms with Gasteiger partial charge in [-0.15, -0.1) is 0 Å². The summed E-state index contributed by atoms with van der Waals surface area (Å²) in [6.45, 7) is 3.56. The highest BCUT2D eigenvalue weighted by molar-refractivity contribution is 5.52. The van der Waals surface area contributed by atoms with Crippen molar-refractivity contribution in [2.75, 3.05) is 13.2 Å². The normalized spacial score (nSPS) is 9.12. The zero-order chi connectivity index (χ0) is 6.24. The van der Waals surface area contributed by atoms with E-state index in [1.165, 1.54) is 6.21 Å². The van der Waals surface area contributed by atoms with E-state index >= 15 is 0 Å². The highest BCUT2D eigenvalue weighted by Gasteiger charge is 1.81. The minimum atomic E-state index is 0.790. The Bertz CT molecular complexity index is 54.5. The Kier molecular flexibility index (Phi) is 6.32. The van der Waals surface area contributed by atoms with Gasteiger partial charge in [0.05, 0.1) is 0 Å². The van der Waals surface area contributed by atoms with Gasteiger partial charge in [0.2, 0.25) is 0 Å². The highest BCUT2D eigenvalue weighted by atomic mass is 16.5. The molecule has 0 unspecified atom stereocenters. The fraction of sp³-hybridized carbons (Fsp3) is 0.833. The average molecular weight is 115 g/mol. The van der Waals surface area contributed by atoms with Gasteiger partial charge in [-0.3, -0.25) is 0 Å². The second-order valence-corrected chi connectivity index (χ2v) is 1.54. The maximum absolute atomic E-state index is 6.66. The number of hydrogen-bond acceptors (Lipinski definition) is 2. The third-order valence-corrected chi connectivity index (χ3v) is 0.841. The van der Waals surface area contributed by atoms with Gasteiger partial charge in [0.15, 0.2) is 0 Å². The van der Waals surface area contributed by atoms with Crippen LogP contribution in [0.2, 0.25) is 0 Å².